The zero-order valence-electron chi connectivity index (χ0n) is 6.87. The average Bonchev–Trinajstić information content (AvgIpc) is 1.88. The lowest BCUT2D eigenvalue weighted by Crippen LogP contribution is -2.19. The van der Waals surface area contributed by atoms with E-state index in [0.717, 1.165) is 0 Å². The summed E-state index contributed by atoms with van der Waals surface area (Å²) in [5.74, 6) is 0. The summed E-state index contributed by atoms with van der Waals surface area (Å²) in [6.45, 7) is 3.14. The molecule has 0 heterocycles. The Bertz CT molecular complexity index is 97.2. The molecule has 0 fully saturated rings. The fourth-order valence-electron chi connectivity index (χ4n) is 0.516. The maximum absolute atomic E-state index is 11.7. The number of alkyl halides is 2. The van der Waals surface area contributed by atoms with Gasteiger partial charge in [0.25, 0.3) is 11.4 Å². The highest BCUT2D eigenvalue weighted by atomic mass is 35.5. The Balaban J connectivity index is 0. The van der Waals surface area contributed by atoms with Crippen LogP contribution in [0.15, 0.2) is 0 Å². The number of hydrogen-bond donors (Lipinski definition) is 0. The SMILES string of the molecule is CCN(CC)S(F)(F)F.ClCCl. The maximum atomic E-state index is 11.7. The quantitative estimate of drug-likeness (QED) is 0.677. The van der Waals surface area contributed by atoms with E-state index in [1.807, 2.05) is 0 Å². The second-order valence-corrected chi connectivity index (χ2v) is 3.69. The van der Waals surface area contributed by atoms with Crippen molar-refractivity contribution < 1.29 is 11.7 Å². The van der Waals surface area contributed by atoms with E-state index in [1.54, 1.807) is 0 Å². The molecule has 0 atom stereocenters. The standard InChI is InChI=1S/C4H10F3NS.CH2Cl2/c1-3-8(4-2)9(5,6)7;2-1-3/h3-4H2,1-2H3;1H2. The summed E-state index contributed by atoms with van der Waals surface area (Å²) in [5.41, 5.74) is 0. The van der Waals surface area contributed by atoms with Crippen LogP contribution in [0.3, 0.4) is 0 Å². The molecular formula is C5H12Cl2F3NS. The van der Waals surface area contributed by atoms with Gasteiger partial charge in [-0.1, -0.05) is 13.8 Å². The molecule has 0 amide bonds. The van der Waals surface area contributed by atoms with Gasteiger partial charge in [0.2, 0.25) is 0 Å². The first kappa shape index (κ1) is 15.2. The Hall–Kier alpha value is 0.680. The largest absolute Gasteiger partial charge is 0.278 e. The first-order valence-electron chi connectivity index (χ1n) is 3.23. The van der Waals surface area contributed by atoms with Crippen molar-refractivity contribution in [1.82, 2.24) is 4.31 Å². The summed E-state index contributed by atoms with van der Waals surface area (Å²) < 4.78 is 35.7. The Kier molecular flexibility index (Phi) is 10.5. The lowest BCUT2D eigenvalue weighted by molar-refractivity contribution is 0.416. The summed E-state index contributed by atoms with van der Waals surface area (Å²) in [6.07, 6.45) is 0. The highest BCUT2D eigenvalue weighted by molar-refractivity contribution is 8.18. The topological polar surface area (TPSA) is 3.24 Å². The van der Waals surface area contributed by atoms with Crippen molar-refractivity contribution in [3.8, 4) is 0 Å². The normalized spacial score (nSPS) is 12.3. The van der Waals surface area contributed by atoms with Crippen LogP contribution in [0.25, 0.3) is 0 Å². The first-order valence-corrected chi connectivity index (χ1v) is 5.59. The lowest BCUT2D eigenvalue weighted by atomic mass is 10.7. The van der Waals surface area contributed by atoms with Gasteiger partial charge in [0.05, 0.1) is 5.34 Å². The van der Waals surface area contributed by atoms with Crippen LogP contribution < -0.4 is 0 Å². The Labute approximate surface area is 83.1 Å². The van der Waals surface area contributed by atoms with Crippen LogP contribution in [0, 0.1) is 0 Å². The van der Waals surface area contributed by atoms with Crippen LogP contribution in [0.5, 0.6) is 0 Å². The third-order valence-electron chi connectivity index (χ3n) is 0.998. The molecule has 0 N–H and O–H groups in total. The fraction of sp³-hybridized carbons (Fsp3) is 1.00. The van der Waals surface area contributed by atoms with E-state index < -0.39 is 11.4 Å². The zero-order valence-corrected chi connectivity index (χ0v) is 9.19. The Morgan fingerprint density at radius 1 is 1.08 bits per heavy atom. The Morgan fingerprint density at radius 2 is 1.33 bits per heavy atom. The zero-order chi connectivity index (χ0) is 10.2. The maximum Gasteiger partial charge on any atom is 0.278 e. The van der Waals surface area contributed by atoms with Gasteiger partial charge < -0.3 is 0 Å². The minimum Gasteiger partial charge on any atom is -0.193 e. The van der Waals surface area contributed by atoms with Gasteiger partial charge in [0.1, 0.15) is 0 Å². The summed E-state index contributed by atoms with van der Waals surface area (Å²) >= 11 is 4.60. The van der Waals surface area contributed by atoms with E-state index in [2.05, 4.69) is 0 Å². The predicted octanol–water partition coefficient (Wildman–Crippen LogP) is 4.12. The molecule has 0 unspecified atom stereocenters. The second kappa shape index (κ2) is 8.29. The molecule has 0 aromatic rings. The summed E-state index contributed by atoms with van der Waals surface area (Å²) in [7, 11) is 0. The molecule has 0 saturated heterocycles. The van der Waals surface area contributed by atoms with Crippen molar-refractivity contribution >= 4 is 34.6 Å². The molecule has 0 radical (unpaired) electrons. The fourth-order valence-corrected chi connectivity index (χ4v) is 1.10. The van der Waals surface area contributed by atoms with E-state index in [9.17, 15) is 11.7 Å². The van der Waals surface area contributed by atoms with Gasteiger partial charge in [-0.05, 0) is 0 Å². The molecule has 0 aromatic heterocycles. The smallest absolute Gasteiger partial charge is 0.193 e. The van der Waals surface area contributed by atoms with Crippen LogP contribution in [-0.2, 0) is 0 Å². The monoisotopic (exact) mass is 245 g/mol. The van der Waals surface area contributed by atoms with E-state index in [4.69, 9.17) is 23.2 Å². The van der Waals surface area contributed by atoms with E-state index in [-0.39, 0.29) is 18.4 Å². The third-order valence-corrected chi connectivity index (χ3v) is 2.10. The molecule has 12 heavy (non-hydrogen) atoms. The van der Waals surface area contributed by atoms with Gasteiger partial charge in [0, 0.05) is 13.1 Å². The molecule has 7 heteroatoms. The van der Waals surface area contributed by atoms with Gasteiger partial charge >= 0.3 is 0 Å². The summed E-state index contributed by atoms with van der Waals surface area (Å²) in [5, 5.41) is 0.194. The van der Waals surface area contributed by atoms with Crippen molar-refractivity contribution in [2.45, 2.75) is 13.8 Å². The summed E-state index contributed by atoms with van der Waals surface area (Å²) in [4.78, 5) is 0. The first-order chi connectivity index (χ1) is 5.43. The predicted molar refractivity (Wildman–Crippen MR) is 50.4 cm³/mol. The van der Waals surface area contributed by atoms with Gasteiger partial charge in [-0.3, -0.25) is 0 Å². The molecule has 0 aliphatic rings. The second-order valence-electron chi connectivity index (χ2n) is 1.60. The molecule has 0 spiro atoms. The highest BCUT2D eigenvalue weighted by Gasteiger charge is 2.27. The van der Waals surface area contributed by atoms with E-state index in [0.29, 0.717) is 4.31 Å². The number of nitrogens with zero attached hydrogens (tertiary/aromatic N) is 1. The average molecular weight is 246 g/mol. The molecule has 0 saturated carbocycles. The molecular weight excluding hydrogens is 234 g/mol. The van der Waals surface area contributed by atoms with Gasteiger partial charge in [0.15, 0.2) is 0 Å². The molecule has 1 nitrogen and oxygen atoms in total. The molecule has 78 valence electrons. The van der Waals surface area contributed by atoms with E-state index >= 15 is 0 Å². The molecule has 0 rings (SSSR count). The lowest BCUT2D eigenvalue weighted by Gasteiger charge is -2.23. The van der Waals surface area contributed by atoms with Gasteiger partial charge in [-0.25, -0.2) is 0 Å². The Morgan fingerprint density at radius 3 is 1.33 bits per heavy atom. The highest BCUT2D eigenvalue weighted by Crippen LogP contribution is 2.55. The van der Waals surface area contributed by atoms with Crippen LogP contribution in [0.2, 0.25) is 0 Å². The molecule has 0 aliphatic heterocycles. The minimum absolute atomic E-state index is 0.0648. The molecule has 0 bridgehead atoms. The van der Waals surface area contributed by atoms with E-state index in [1.165, 1.54) is 13.8 Å². The van der Waals surface area contributed by atoms with Crippen LogP contribution in [0.1, 0.15) is 13.8 Å². The van der Waals surface area contributed by atoms with Gasteiger partial charge in [-0.15, -0.1) is 34.9 Å². The number of hydrogen-bond acceptors (Lipinski definition) is 1. The van der Waals surface area contributed by atoms with Crippen molar-refractivity contribution in [2.24, 2.45) is 0 Å². The summed E-state index contributed by atoms with van der Waals surface area (Å²) in [6, 6.07) is 0. The van der Waals surface area contributed by atoms with Crippen molar-refractivity contribution in [1.29, 1.82) is 0 Å². The molecule has 0 aliphatic carbocycles. The number of rotatable bonds is 3. The van der Waals surface area contributed by atoms with Gasteiger partial charge in [-0.2, -0.15) is 4.31 Å². The van der Waals surface area contributed by atoms with Crippen molar-refractivity contribution in [3.05, 3.63) is 0 Å². The third kappa shape index (κ3) is 8.77. The van der Waals surface area contributed by atoms with Crippen LogP contribution >= 0.6 is 34.6 Å². The van der Waals surface area contributed by atoms with Crippen molar-refractivity contribution in [2.75, 3.05) is 18.4 Å². The van der Waals surface area contributed by atoms with Crippen molar-refractivity contribution in [3.63, 3.8) is 0 Å². The van der Waals surface area contributed by atoms with Crippen LogP contribution in [-0.4, -0.2) is 22.7 Å². The molecule has 0 aromatic carbocycles. The van der Waals surface area contributed by atoms with Crippen LogP contribution in [0.4, 0.5) is 11.7 Å². The minimum atomic E-state index is -4.93. The number of halogens is 5.